The predicted molar refractivity (Wildman–Crippen MR) is 112 cm³/mol. The Balaban J connectivity index is 1.88. The zero-order valence-corrected chi connectivity index (χ0v) is 17.4. The minimum Gasteiger partial charge on any atom is -0.493 e. The number of imidazole rings is 1. The molecule has 0 aliphatic rings. The summed E-state index contributed by atoms with van der Waals surface area (Å²) in [5.41, 5.74) is 2.42. The van der Waals surface area contributed by atoms with Gasteiger partial charge >= 0.3 is 0 Å². The van der Waals surface area contributed by atoms with Crippen LogP contribution in [0.1, 0.15) is 19.4 Å². The second kappa shape index (κ2) is 6.98. The van der Waals surface area contributed by atoms with Gasteiger partial charge in [0.2, 0.25) is 0 Å². The Kier molecular flexibility index (Phi) is 4.65. The molecule has 2 aromatic heterocycles. The first-order valence-electron chi connectivity index (χ1n) is 8.44. The molecular weight excluding hydrogens is 428 g/mol. The maximum Gasteiger partial charge on any atom is 0.274 e. The molecule has 4 rings (SSSR count). The van der Waals surface area contributed by atoms with Crippen LogP contribution < -0.4 is 19.6 Å². The van der Waals surface area contributed by atoms with Crippen LogP contribution in [0.25, 0.3) is 22.1 Å². The molecule has 0 fully saturated rings. The normalized spacial score (nSPS) is 12.4. The van der Waals surface area contributed by atoms with E-state index in [1.807, 2.05) is 56.3 Å². The molecule has 7 heteroatoms. The first kappa shape index (κ1) is 18.0. The number of hydrogen-bond acceptors (Lipinski definition) is 5. The summed E-state index contributed by atoms with van der Waals surface area (Å²) < 4.78 is 14.3. The molecule has 0 aliphatic heterocycles. The number of halogens is 1. The zero-order valence-electron chi connectivity index (χ0n) is 15.0. The number of aromatic nitrogens is 2. The van der Waals surface area contributed by atoms with E-state index in [1.54, 1.807) is 11.5 Å². The third-order valence-electron chi connectivity index (χ3n) is 4.08. The Morgan fingerprint density at radius 3 is 2.74 bits per heavy atom. The molecule has 0 unspecified atom stereocenters. The summed E-state index contributed by atoms with van der Waals surface area (Å²) in [6.07, 6.45) is 1.88. The van der Waals surface area contributed by atoms with Crippen molar-refractivity contribution in [2.75, 3.05) is 7.11 Å². The highest BCUT2D eigenvalue weighted by Crippen LogP contribution is 2.34. The highest BCUT2D eigenvalue weighted by atomic mass is 79.9. The Bertz CT molecular complexity index is 1260. The van der Waals surface area contributed by atoms with Gasteiger partial charge in [0, 0.05) is 4.47 Å². The molecule has 0 N–H and O–H groups in total. The number of para-hydroxylation sites is 2. The summed E-state index contributed by atoms with van der Waals surface area (Å²) in [7, 11) is 1.60. The third-order valence-corrected chi connectivity index (χ3v) is 5.73. The van der Waals surface area contributed by atoms with Crippen LogP contribution in [-0.2, 0) is 0 Å². The highest BCUT2D eigenvalue weighted by molar-refractivity contribution is 9.10. The largest absolute Gasteiger partial charge is 0.493 e. The van der Waals surface area contributed by atoms with Crippen LogP contribution in [0, 0.1) is 0 Å². The van der Waals surface area contributed by atoms with Crippen LogP contribution in [0.15, 0.2) is 45.7 Å². The fraction of sp³-hybridized carbons (Fsp3) is 0.200. The number of ether oxygens (including phenoxy) is 2. The summed E-state index contributed by atoms with van der Waals surface area (Å²) in [5, 5.41) is 0. The van der Waals surface area contributed by atoms with Crippen molar-refractivity contribution in [1.82, 2.24) is 9.38 Å². The van der Waals surface area contributed by atoms with Gasteiger partial charge in [-0.25, -0.2) is 9.38 Å². The lowest BCUT2D eigenvalue weighted by Crippen LogP contribution is -2.22. The van der Waals surface area contributed by atoms with E-state index in [0.29, 0.717) is 21.0 Å². The van der Waals surface area contributed by atoms with Gasteiger partial charge in [-0.15, -0.1) is 0 Å². The molecule has 0 radical (unpaired) electrons. The molecule has 0 bridgehead atoms. The smallest absolute Gasteiger partial charge is 0.274 e. The predicted octanol–water partition coefficient (Wildman–Crippen LogP) is 4.02. The van der Waals surface area contributed by atoms with E-state index in [0.717, 1.165) is 21.1 Å². The van der Waals surface area contributed by atoms with E-state index in [2.05, 4.69) is 20.9 Å². The van der Waals surface area contributed by atoms with Gasteiger partial charge in [0.25, 0.3) is 5.56 Å². The van der Waals surface area contributed by atoms with E-state index in [-0.39, 0.29) is 11.7 Å². The molecule has 4 aromatic rings. The number of rotatable bonds is 4. The number of hydrogen-bond donors (Lipinski definition) is 0. The average Bonchev–Trinajstić information content (AvgIpc) is 3.13. The molecule has 0 aliphatic carbocycles. The van der Waals surface area contributed by atoms with Crippen molar-refractivity contribution < 1.29 is 9.47 Å². The van der Waals surface area contributed by atoms with E-state index in [9.17, 15) is 4.79 Å². The fourth-order valence-electron chi connectivity index (χ4n) is 2.92. The lowest BCUT2D eigenvalue weighted by molar-refractivity contribution is 0.230. The molecule has 2 aromatic carbocycles. The zero-order chi connectivity index (χ0) is 19.1. The molecule has 0 amide bonds. The van der Waals surface area contributed by atoms with Crippen molar-refractivity contribution in [3.63, 3.8) is 0 Å². The lowest BCUT2D eigenvalue weighted by atomic mass is 10.2. The maximum atomic E-state index is 12.9. The molecule has 0 atom stereocenters. The Labute approximate surface area is 168 Å². The van der Waals surface area contributed by atoms with Crippen LogP contribution in [0.5, 0.6) is 11.5 Å². The lowest BCUT2D eigenvalue weighted by Gasteiger charge is -2.15. The summed E-state index contributed by atoms with van der Waals surface area (Å²) >= 11 is 4.94. The fourth-order valence-corrected chi connectivity index (χ4v) is 4.33. The van der Waals surface area contributed by atoms with E-state index < -0.39 is 0 Å². The topological polar surface area (TPSA) is 52.8 Å². The molecule has 0 spiro atoms. The molecule has 27 heavy (non-hydrogen) atoms. The molecule has 2 heterocycles. The van der Waals surface area contributed by atoms with Gasteiger partial charge in [0.15, 0.2) is 16.5 Å². The standard InChI is InChI=1S/C20H17BrN2O3S/c1-11(2)26-17-10-13(21)12(8-16(17)25-3)9-18-19(24)23-15-7-5-4-6-14(15)22-20(23)27-18/h4-11H,1-3H3. The SMILES string of the molecule is COc1cc(C=c2sc3nc4ccccc4n3c2=O)c(Br)cc1OC(C)C. The number of thiazole rings is 1. The number of benzene rings is 2. The van der Waals surface area contributed by atoms with Crippen molar-refractivity contribution in [3.05, 3.63) is 61.3 Å². The second-order valence-electron chi connectivity index (χ2n) is 6.33. The van der Waals surface area contributed by atoms with Crippen molar-refractivity contribution in [2.24, 2.45) is 0 Å². The monoisotopic (exact) mass is 444 g/mol. The van der Waals surface area contributed by atoms with Gasteiger partial charge in [-0.2, -0.15) is 0 Å². The van der Waals surface area contributed by atoms with Gasteiger partial charge in [0.1, 0.15) is 0 Å². The molecule has 5 nitrogen and oxygen atoms in total. The Hall–Kier alpha value is -2.38. The summed E-state index contributed by atoms with van der Waals surface area (Å²) in [5.74, 6) is 1.28. The van der Waals surface area contributed by atoms with Crippen molar-refractivity contribution in [2.45, 2.75) is 20.0 Å². The Morgan fingerprint density at radius 1 is 1.22 bits per heavy atom. The highest BCUT2D eigenvalue weighted by Gasteiger charge is 2.13. The van der Waals surface area contributed by atoms with Crippen LogP contribution in [-0.4, -0.2) is 22.6 Å². The van der Waals surface area contributed by atoms with Crippen molar-refractivity contribution in [1.29, 1.82) is 0 Å². The minimum atomic E-state index is -0.0722. The van der Waals surface area contributed by atoms with Crippen LogP contribution >= 0.6 is 27.3 Å². The molecule has 138 valence electrons. The quantitative estimate of drug-likeness (QED) is 0.476. The molecular formula is C20H17BrN2O3S. The average molecular weight is 445 g/mol. The summed E-state index contributed by atoms with van der Waals surface area (Å²) in [6.45, 7) is 3.92. The van der Waals surface area contributed by atoms with Crippen LogP contribution in [0.2, 0.25) is 0 Å². The maximum absolute atomic E-state index is 12.9. The van der Waals surface area contributed by atoms with Gasteiger partial charge in [-0.05, 0) is 49.8 Å². The van der Waals surface area contributed by atoms with E-state index in [4.69, 9.17) is 9.47 Å². The number of methoxy groups -OCH3 is 1. The van der Waals surface area contributed by atoms with Gasteiger partial charge in [-0.3, -0.25) is 4.79 Å². The summed E-state index contributed by atoms with van der Waals surface area (Å²) in [4.78, 5) is 18.2. The number of fused-ring (bicyclic) bond motifs is 3. The van der Waals surface area contributed by atoms with Gasteiger partial charge in [0.05, 0.1) is 28.8 Å². The van der Waals surface area contributed by atoms with Crippen molar-refractivity contribution in [3.8, 4) is 11.5 Å². The Morgan fingerprint density at radius 2 is 2.00 bits per heavy atom. The molecule has 0 saturated heterocycles. The van der Waals surface area contributed by atoms with E-state index >= 15 is 0 Å². The molecule has 0 saturated carbocycles. The first-order valence-corrected chi connectivity index (χ1v) is 10.0. The van der Waals surface area contributed by atoms with Gasteiger partial charge < -0.3 is 9.47 Å². The summed E-state index contributed by atoms with van der Waals surface area (Å²) in [6, 6.07) is 11.4. The first-order chi connectivity index (χ1) is 13.0. The van der Waals surface area contributed by atoms with E-state index in [1.165, 1.54) is 11.3 Å². The van der Waals surface area contributed by atoms with Crippen molar-refractivity contribution >= 4 is 49.3 Å². The second-order valence-corrected chi connectivity index (χ2v) is 8.19. The third kappa shape index (κ3) is 3.21. The number of nitrogens with zero attached hydrogens (tertiary/aromatic N) is 2. The van der Waals surface area contributed by atoms with Crippen LogP contribution in [0.3, 0.4) is 0 Å². The minimum absolute atomic E-state index is 0.0345. The van der Waals surface area contributed by atoms with Crippen LogP contribution in [0.4, 0.5) is 0 Å². The van der Waals surface area contributed by atoms with Gasteiger partial charge in [-0.1, -0.05) is 39.4 Å².